The molecule has 0 aliphatic carbocycles. The fraction of sp³-hybridized carbons (Fsp3) is 0.500. The summed E-state index contributed by atoms with van der Waals surface area (Å²) in [6.07, 6.45) is 4.31. The summed E-state index contributed by atoms with van der Waals surface area (Å²) in [6, 6.07) is 7.77. The second-order valence-corrected chi connectivity index (χ2v) is 5.45. The van der Waals surface area contributed by atoms with Crippen molar-refractivity contribution in [2.24, 2.45) is 5.92 Å². The predicted octanol–water partition coefficient (Wildman–Crippen LogP) is 2.14. The summed E-state index contributed by atoms with van der Waals surface area (Å²) < 4.78 is 0. The van der Waals surface area contributed by atoms with E-state index >= 15 is 0 Å². The van der Waals surface area contributed by atoms with Crippen molar-refractivity contribution in [2.45, 2.75) is 17.7 Å². The summed E-state index contributed by atoms with van der Waals surface area (Å²) in [5.41, 5.74) is 0.791. The maximum absolute atomic E-state index is 12.1. The van der Waals surface area contributed by atoms with Crippen LogP contribution in [0.15, 0.2) is 29.2 Å². The Morgan fingerprint density at radius 2 is 2.11 bits per heavy atom. The first-order valence-corrected chi connectivity index (χ1v) is 7.65. The Bertz CT molecular complexity index is 403. The number of hydrogen-bond acceptors (Lipinski definition) is 3. The fourth-order valence-corrected chi connectivity index (χ4v) is 2.85. The van der Waals surface area contributed by atoms with E-state index in [4.69, 9.17) is 0 Å². The zero-order chi connectivity index (χ0) is 12.8. The number of carbonyl (C=O) groups excluding carboxylic acids is 1. The van der Waals surface area contributed by atoms with Crippen LogP contribution in [0.1, 0.15) is 23.2 Å². The normalized spacial score (nSPS) is 16.5. The molecule has 1 heterocycles. The lowest BCUT2D eigenvalue weighted by Gasteiger charge is -2.22. The molecule has 0 aromatic heterocycles. The molecule has 1 amide bonds. The van der Waals surface area contributed by atoms with Gasteiger partial charge in [-0.2, -0.15) is 0 Å². The van der Waals surface area contributed by atoms with Gasteiger partial charge in [-0.15, -0.1) is 11.8 Å². The largest absolute Gasteiger partial charge is 0.352 e. The Kier molecular flexibility index (Phi) is 5.08. The molecule has 98 valence electrons. The molecular formula is C14H20N2OS. The van der Waals surface area contributed by atoms with Gasteiger partial charge in [0.2, 0.25) is 0 Å². The molecule has 18 heavy (non-hydrogen) atoms. The van der Waals surface area contributed by atoms with Gasteiger partial charge in [-0.1, -0.05) is 12.1 Å². The first-order valence-electron chi connectivity index (χ1n) is 6.43. The van der Waals surface area contributed by atoms with E-state index in [9.17, 15) is 4.79 Å². The lowest BCUT2D eigenvalue weighted by atomic mass is 9.98. The maximum Gasteiger partial charge on any atom is 0.252 e. The van der Waals surface area contributed by atoms with Crippen LogP contribution in [0.5, 0.6) is 0 Å². The van der Waals surface area contributed by atoms with Crippen molar-refractivity contribution in [3.8, 4) is 0 Å². The summed E-state index contributed by atoms with van der Waals surface area (Å²) in [4.78, 5) is 13.2. The van der Waals surface area contributed by atoms with E-state index in [0.717, 1.165) is 42.9 Å². The molecular weight excluding hydrogens is 244 g/mol. The van der Waals surface area contributed by atoms with Gasteiger partial charge in [0.15, 0.2) is 0 Å². The minimum Gasteiger partial charge on any atom is -0.352 e. The van der Waals surface area contributed by atoms with Gasteiger partial charge in [0.1, 0.15) is 0 Å². The molecule has 2 N–H and O–H groups in total. The summed E-state index contributed by atoms with van der Waals surface area (Å²) in [6.45, 7) is 2.94. The third-order valence-corrected chi connectivity index (χ3v) is 4.16. The molecule has 1 aromatic carbocycles. The lowest BCUT2D eigenvalue weighted by molar-refractivity contribution is 0.0941. The highest BCUT2D eigenvalue weighted by atomic mass is 32.2. The average Bonchev–Trinajstić information content (AvgIpc) is 2.45. The Morgan fingerprint density at radius 3 is 2.83 bits per heavy atom. The van der Waals surface area contributed by atoms with Crippen LogP contribution in [0.4, 0.5) is 0 Å². The molecule has 0 atom stereocenters. The number of thioether (sulfide) groups is 1. The minimum absolute atomic E-state index is 0.0542. The Hall–Kier alpha value is -1.00. The number of carbonyl (C=O) groups is 1. The van der Waals surface area contributed by atoms with E-state index in [-0.39, 0.29) is 5.91 Å². The number of piperidine rings is 1. The first kappa shape index (κ1) is 13.4. The second-order valence-electron chi connectivity index (χ2n) is 4.60. The van der Waals surface area contributed by atoms with Gasteiger partial charge in [-0.25, -0.2) is 0 Å². The monoisotopic (exact) mass is 264 g/mol. The molecule has 3 nitrogen and oxygen atoms in total. The molecule has 0 spiro atoms. The summed E-state index contributed by atoms with van der Waals surface area (Å²) in [5.74, 6) is 0.676. The van der Waals surface area contributed by atoms with Gasteiger partial charge in [0.05, 0.1) is 5.56 Å². The van der Waals surface area contributed by atoms with Gasteiger partial charge in [0.25, 0.3) is 5.91 Å². The molecule has 0 radical (unpaired) electrons. The van der Waals surface area contributed by atoms with Gasteiger partial charge < -0.3 is 10.6 Å². The number of hydrogen-bond donors (Lipinski definition) is 2. The molecule has 4 heteroatoms. The van der Waals surface area contributed by atoms with E-state index in [1.54, 1.807) is 11.8 Å². The standard InChI is InChI=1S/C14H20N2OS/c1-18-13-5-3-2-4-12(13)14(17)16-10-11-6-8-15-9-7-11/h2-5,11,15H,6-10H2,1H3,(H,16,17). The lowest BCUT2D eigenvalue weighted by Crippen LogP contribution is -2.36. The summed E-state index contributed by atoms with van der Waals surface area (Å²) in [5, 5.41) is 6.40. The highest BCUT2D eigenvalue weighted by Gasteiger charge is 2.15. The topological polar surface area (TPSA) is 41.1 Å². The van der Waals surface area contributed by atoms with Crippen molar-refractivity contribution < 1.29 is 4.79 Å². The van der Waals surface area contributed by atoms with Crippen LogP contribution in [0.25, 0.3) is 0 Å². The molecule has 1 aliphatic heterocycles. The molecule has 0 unspecified atom stereocenters. The smallest absolute Gasteiger partial charge is 0.252 e. The van der Waals surface area contributed by atoms with Crippen molar-refractivity contribution in [3.63, 3.8) is 0 Å². The second kappa shape index (κ2) is 6.81. The zero-order valence-corrected chi connectivity index (χ0v) is 11.6. The van der Waals surface area contributed by atoms with Crippen LogP contribution in [0.3, 0.4) is 0 Å². The van der Waals surface area contributed by atoms with Crippen LogP contribution in [0.2, 0.25) is 0 Å². The quantitative estimate of drug-likeness (QED) is 0.819. The number of amides is 1. The minimum atomic E-state index is 0.0542. The third-order valence-electron chi connectivity index (χ3n) is 3.36. The van der Waals surface area contributed by atoms with Gasteiger partial charge in [0, 0.05) is 11.4 Å². The van der Waals surface area contributed by atoms with Crippen LogP contribution < -0.4 is 10.6 Å². The SMILES string of the molecule is CSc1ccccc1C(=O)NCC1CCNCC1. The fourth-order valence-electron chi connectivity index (χ4n) is 2.25. The Morgan fingerprint density at radius 1 is 1.39 bits per heavy atom. The molecule has 1 fully saturated rings. The van der Waals surface area contributed by atoms with Crippen LogP contribution >= 0.6 is 11.8 Å². The molecule has 0 saturated carbocycles. The molecule has 2 rings (SSSR count). The van der Waals surface area contributed by atoms with Gasteiger partial charge >= 0.3 is 0 Å². The Labute approximate surface area is 113 Å². The van der Waals surface area contributed by atoms with Crippen molar-refractivity contribution in [1.29, 1.82) is 0 Å². The highest BCUT2D eigenvalue weighted by molar-refractivity contribution is 7.98. The predicted molar refractivity (Wildman–Crippen MR) is 76.1 cm³/mol. The van der Waals surface area contributed by atoms with E-state index in [1.807, 2.05) is 30.5 Å². The van der Waals surface area contributed by atoms with Crippen molar-refractivity contribution in [2.75, 3.05) is 25.9 Å². The van der Waals surface area contributed by atoms with Crippen molar-refractivity contribution in [1.82, 2.24) is 10.6 Å². The maximum atomic E-state index is 12.1. The van der Waals surface area contributed by atoms with Crippen molar-refractivity contribution in [3.05, 3.63) is 29.8 Å². The van der Waals surface area contributed by atoms with Gasteiger partial charge in [-0.05, 0) is 50.2 Å². The van der Waals surface area contributed by atoms with Crippen LogP contribution in [-0.4, -0.2) is 31.8 Å². The summed E-state index contributed by atoms with van der Waals surface area (Å²) >= 11 is 1.61. The molecule has 1 aliphatic rings. The highest BCUT2D eigenvalue weighted by Crippen LogP contribution is 2.19. The Balaban J connectivity index is 1.90. The van der Waals surface area contributed by atoms with E-state index in [0.29, 0.717) is 5.92 Å². The zero-order valence-electron chi connectivity index (χ0n) is 10.7. The van der Waals surface area contributed by atoms with Gasteiger partial charge in [-0.3, -0.25) is 4.79 Å². The van der Waals surface area contributed by atoms with E-state index in [1.165, 1.54) is 0 Å². The first-order chi connectivity index (χ1) is 8.81. The number of benzene rings is 1. The molecule has 1 aromatic rings. The van der Waals surface area contributed by atoms with E-state index < -0.39 is 0 Å². The third kappa shape index (κ3) is 3.50. The molecule has 1 saturated heterocycles. The average molecular weight is 264 g/mol. The number of rotatable bonds is 4. The van der Waals surface area contributed by atoms with E-state index in [2.05, 4.69) is 10.6 Å². The van der Waals surface area contributed by atoms with Crippen LogP contribution in [-0.2, 0) is 0 Å². The number of nitrogens with one attached hydrogen (secondary N) is 2. The molecule has 0 bridgehead atoms. The van der Waals surface area contributed by atoms with Crippen molar-refractivity contribution >= 4 is 17.7 Å². The summed E-state index contributed by atoms with van der Waals surface area (Å²) in [7, 11) is 0. The van der Waals surface area contributed by atoms with Crippen LogP contribution in [0, 0.1) is 5.92 Å².